The quantitative estimate of drug-likeness (QED) is 0.604. The standard InChI is InChI=1S/2C8H9N.C4H6O4/c2*1-2-7-3-5-8(9)6-4-7;5-3(6)1-2-4(7)8/h2*2-6H,1,9H2;1-2H2,(H,5,6)(H,7,8). The highest BCUT2D eigenvalue weighted by molar-refractivity contribution is 5.75. The van der Waals surface area contributed by atoms with Crippen LogP contribution in [-0.2, 0) is 9.59 Å². The molecular weight excluding hydrogens is 332 g/mol. The summed E-state index contributed by atoms with van der Waals surface area (Å²) in [5.41, 5.74) is 14.7. The SMILES string of the molecule is C=Cc1ccc(N)cc1.C=Cc1ccc(N)cc1.O=C(O)CCC(=O)O. The minimum atomic E-state index is -1.08. The number of nitrogen functional groups attached to an aromatic ring is 2. The Morgan fingerprint density at radius 3 is 1.19 bits per heavy atom. The van der Waals surface area contributed by atoms with Gasteiger partial charge in [0.2, 0.25) is 0 Å². The molecule has 0 saturated carbocycles. The number of carboxylic acids is 2. The second-order valence-corrected chi connectivity index (χ2v) is 5.03. The molecular formula is C20H24N2O4. The van der Waals surface area contributed by atoms with Crippen molar-refractivity contribution in [3.8, 4) is 0 Å². The van der Waals surface area contributed by atoms with Gasteiger partial charge in [-0.1, -0.05) is 49.6 Å². The maximum Gasteiger partial charge on any atom is 0.303 e. The van der Waals surface area contributed by atoms with Gasteiger partial charge in [0.05, 0.1) is 12.8 Å². The second kappa shape index (κ2) is 12.8. The molecule has 0 atom stereocenters. The molecule has 0 aliphatic heterocycles. The van der Waals surface area contributed by atoms with E-state index in [1.165, 1.54) is 0 Å². The monoisotopic (exact) mass is 356 g/mol. The van der Waals surface area contributed by atoms with Gasteiger partial charge < -0.3 is 21.7 Å². The predicted molar refractivity (Wildman–Crippen MR) is 106 cm³/mol. The maximum absolute atomic E-state index is 9.64. The summed E-state index contributed by atoms with van der Waals surface area (Å²) in [7, 11) is 0. The fourth-order valence-electron chi connectivity index (χ4n) is 1.48. The summed E-state index contributed by atoms with van der Waals surface area (Å²) in [6.45, 7) is 7.24. The van der Waals surface area contributed by atoms with Gasteiger partial charge in [0.1, 0.15) is 0 Å². The molecule has 0 heterocycles. The highest BCUT2D eigenvalue weighted by Crippen LogP contribution is 2.06. The number of rotatable bonds is 5. The molecule has 0 aliphatic carbocycles. The normalized spacial score (nSPS) is 8.77. The van der Waals surface area contributed by atoms with E-state index in [4.69, 9.17) is 21.7 Å². The molecule has 0 spiro atoms. The number of hydrogen-bond donors (Lipinski definition) is 4. The molecule has 6 heteroatoms. The van der Waals surface area contributed by atoms with Gasteiger partial charge in [0.25, 0.3) is 0 Å². The molecule has 0 unspecified atom stereocenters. The van der Waals surface area contributed by atoms with Gasteiger partial charge in [-0.05, 0) is 35.4 Å². The van der Waals surface area contributed by atoms with Crippen molar-refractivity contribution in [2.45, 2.75) is 12.8 Å². The minimum Gasteiger partial charge on any atom is -0.481 e. The number of benzene rings is 2. The van der Waals surface area contributed by atoms with Crippen molar-refractivity contribution in [2.75, 3.05) is 11.5 Å². The summed E-state index contributed by atoms with van der Waals surface area (Å²) in [4.78, 5) is 19.3. The van der Waals surface area contributed by atoms with Crippen LogP contribution >= 0.6 is 0 Å². The summed E-state index contributed by atoms with van der Waals surface area (Å²) in [5, 5.41) is 15.8. The first-order valence-corrected chi connectivity index (χ1v) is 7.68. The molecule has 0 saturated heterocycles. The van der Waals surface area contributed by atoms with Gasteiger partial charge in [-0.15, -0.1) is 0 Å². The van der Waals surface area contributed by atoms with Crippen molar-refractivity contribution in [2.24, 2.45) is 0 Å². The van der Waals surface area contributed by atoms with Gasteiger partial charge in [-0.2, -0.15) is 0 Å². The van der Waals surface area contributed by atoms with Crippen LogP contribution in [0.5, 0.6) is 0 Å². The molecule has 2 aromatic carbocycles. The molecule has 138 valence electrons. The highest BCUT2D eigenvalue weighted by Gasteiger charge is 2.00. The highest BCUT2D eigenvalue weighted by atomic mass is 16.4. The first-order chi connectivity index (χ1) is 12.3. The predicted octanol–water partition coefficient (Wildman–Crippen LogP) is 3.76. The third kappa shape index (κ3) is 12.0. The number of carbonyl (C=O) groups is 2. The van der Waals surface area contributed by atoms with E-state index in [9.17, 15) is 9.59 Å². The maximum atomic E-state index is 9.64. The van der Waals surface area contributed by atoms with Crippen molar-refractivity contribution in [1.29, 1.82) is 0 Å². The van der Waals surface area contributed by atoms with E-state index >= 15 is 0 Å². The third-order valence-corrected chi connectivity index (χ3v) is 2.90. The van der Waals surface area contributed by atoms with Gasteiger partial charge in [0.15, 0.2) is 0 Å². The molecule has 0 aromatic heterocycles. The molecule has 0 fully saturated rings. The number of hydrogen-bond acceptors (Lipinski definition) is 4. The van der Waals surface area contributed by atoms with Gasteiger partial charge in [-0.3, -0.25) is 9.59 Å². The van der Waals surface area contributed by atoms with Crippen LogP contribution in [0.2, 0.25) is 0 Å². The van der Waals surface area contributed by atoms with Crippen molar-refractivity contribution in [1.82, 2.24) is 0 Å². The number of anilines is 2. The topological polar surface area (TPSA) is 127 Å². The largest absolute Gasteiger partial charge is 0.481 e. The lowest BCUT2D eigenvalue weighted by Crippen LogP contribution is -2.00. The Kier molecular flexibility index (Phi) is 11.1. The Balaban J connectivity index is 0.000000362. The van der Waals surface area contributed by atoms with Crippen LogP contribution in [0.4, 0.5) is 11.4 Å². The van der Waals surface area contributed by atoms with Gasteiger partial charge in [-0.25, -0.2) is 0 Å². The smallest absolute Gasteiger partial charge is 0.303 e. The van der Waals surface area contributed by atoms with E-state index in [0.29, 0.717) is 0 Å². The van der Waals surface area contributed by atoms with Crippen LogP contribution in [0.1, 0.15) is 24.0 Å². The molecule has 6 N–H and O–H groups in total. The number of nitrogens with two attached hydrogens (primary N) is 2. The summed E-state index contributed by atoms with van der Waals surface area (Å²) >= 11 is 0. The van der Waals surface area contributed by atoms with Crippen LogP contribution in [-0.4, -0.2) is 22.2 Å². The Bertz CT molecular complexity index is 644. The minimum absolute atomic E-state index is 0.296. The Labute approximate surface area is 153 Å². The molecule has 0 aliphatic rings. The zero-order valence-electron chi connectivity index (χ0n) is 14.5. The van der Waals surface area contributed by atoms with Crippen LogP contribution in [0.25, 0.3) is 12.2 Å². The van der Waals surface area contributed by atoms with Crippen molar-refractivity contribution < 1.29 is 19.8 Å². The zero-order chi connectivity index (χ0) is 19.9. The molecule has 0 amide bonds. The molecule has 6 nitrogen and oxygen atoms in total. The molecule has 26 heavy (non-hydrogen) atoms. The Morgan fingerprint density at radius 1 is 0.731 bits per heavy atom. The van der Waals surface area contributed by atoms with Crippen LogP contribution in [0.15, 0.2) is 61.7 Å². The lowest BCUT2D eigenvalue weighted by molar-refractivity contribution is -0.143. The average molecular weight is 356 g/mol. The fourth-order valence-corrected chi connectivity index (χ4v) is 1.48. The van der Waals surface area contributed by atoms with Gasteiger partial charge >= 0.3 is 11.9 Å². The first-order valence-electron chi connectivity index (χ1n) is 7.68. The number of carboxylic acid groups (broad SMARTS) is 2. The second-order valence-electron chi connectivity index (χ2n) is 5.03. The van der Waals surface area contributed by atoms with E-state index in [2.05, 4.69) is 13.2 Å². The molecule has 0 radical (unpaired) electrons. The molecule has 2 aromatic rings. The molecule has 0 bridgehead atoms. The zero-order valence-corrected chi connectivity index (χ0v) is 14.5. The lowest BCUT2D eigenvalue weighted by Gasteiger charge is -1.91. The van der Waals surface area contributed by atoms with Crippen molar-refractivity contribution in [3.05, 3.63) is 72.8 Å². The Hall–Kier alpha value is -3.54. The summed E-state index contributed by atoms with van der Waals surface area (Å²) in [6.07, 6.45) is 2.99. The third-order valence-electron chi connectivity index (χ3n) is 2.90. The first kappa shape index (κ1) is 22.5. The van der Waals surface area contributed by atoms with E-state index < -0.39 is 11.9 Å². The van der Waals surface area contributed by atoms with Gasteiger partial charge in [0, 0.05) is 11.4 Å². The Morgan fingerprint density at radius 2 is 1.00 bits per heavy atom. The summed E-state index contributed by atoms with van der Waals surface area (Å²) < 4.78 is 0. The van der Waals surface area contributed by atoms with Crippen molar-refractivity contribution in [3.63, 3.8) is 0 Å². The van der Waals surface area contributed by atoms with Crippen LogP contribution in [0.3, 0.4) is 0 Å². The summed E-state index contributed by atoms with van der Waals surface area (Å²) in [6, 6.07) is 15.2. The van der Waals surface area contributed by atoms with E-state index in [0.717, 1.165) is 22.5 Å². The lowest BCUT2D eigenvalue weighted by atomic mass is 10.2. The summed E-state index contributed by atoms with van der Waals surface area (Å²) in [5.74, 6) is -2.15. The number of aliphatic carboxylic acids is 2. The van der Waals surface area contributed by atoms with Crippen LogP contribution in [0, 0.1) is 0 Å². The van der Waals surface area contributed by atoms with E-state index in [1.807, 2.05) is 48.5 Å². The average Bonchev–Trinajstić information content (AvgIpc) is 2.62. The fraction of sp³-hybridized carbons (Fsp3) is 0.100. The van der Waals surface area contributed by atoms with E-state index in [1.54, 1.807) is 12.2 Å². The van der Waals surface area contributed by atoms with E-state index in [-0.39, 0.29) is 12.8 Å². The molecule has 2 rings (SSSR count). The van der Waals surface area contributed by atoms with Crippen LogP contribution < -0.4 is 11.5 Å². The van der Waals surface area contributed by atoms with Crippen molar-refractivity contribution >= 4 is 35.5 Å².